The van der Waals surface area contributed by atoms with Crippen molar-refractivity contribution in [1.29, 1.82) is 0 Å². The Bertz CT molecular complexity index is 1770. The first-order valence-corrected chi connectivity index (χ1v) is 13.4. The van der Waals surface area contributed by atoms with Crippen LogP contribution in [0.15, 0.2) is 56.8 Å². The van der Waals surface area contributed by atoms with E-state index in [1.165, 1.54) is 28.3 Å². The minimum atomic E-state index is -0.702. The molecule has 0 radical (unpaired) electrons. The van der Waals surface area contributed by atoms with Crippen LogP contribution in [0.3, 0.4) is 0 Å². The first-order chi connectivity index (χ1) is 18.1. The summed E-state index contributed by atoms with van der Waals surface area (Å²) in [7, 11) is 1.48. The highest BCUT2D eigenvalue weighted by molar-refractivity contribution is 14.1. The Morgan fingerprint density at radius 3 is 2.63 bits per heavy atom. The molecule has 0 aliphatic heterocycles. The van der Waals surface area contributed by atoms with Gasteiger partial charge in [-0.2, -0.15) is 0 Å². The number of aryl methyl sites for hydroxylation is 2. The number of anilines is 2. The minimum Gasteiger partial charge on any atom is -0.338 e. The maximum atomic E-state index is 14.7. The van der Waals surface area contributed by atoms with Crippen molar-refractivity contribution < 1.29 is 9.18 Å². The van der Waals surface area contributed by atoms with E-state index in [0.717, 1.165) is 18.4 Å². The number of nitrogens with one attached hydrogen (secondary N) is 2. The summed E-state index contributed by atoms with van der Waals surface area (Å²) < 4.78 is 17.9. The fourth-order valence-corrected chi connectivity index (χ4v) is 5.18. The molecule has 5 rings (SSSR count). The topological polar surface area (TPSA) is 106 Å². The molecule has 2 aromatic heterocycles. The van der Waals surface area contributed by atoms with Crippen LogP contribution in [-0.4, -0.2) is 19.9 Å². The normalized spacial score (nSPS) is 13.2. The summed E-state index contributed by atoms with van der Waals surface area (Å²) in [6.07, 6.45) is 3.79. The second-order valence-electron chi connectivity index (χ2n) is 9.76. The van der Waals surface area contributed by atoms with E-state index in [9.17, 15) is 23.6 Å². The number of aromatic nitrogens is 3. The lowest BCUT2D eigenvalue weighted by Gasteiger charge is -2.19. The van der Waals surface area contributed by atoms with Crippen molar-refractivity contribution in [3.63, 3.8) is 0 Å². The van der Waals surface area contributed by atoms with Crippen LogP contribution in [0.2, 0.25) is 0 Å². The second kappa shape index (κ2) is 10.3. The minimum absolute atomic E-state index is 0.0483. The first kappa shape index (κ1) is 26.1. The molecule has 1 saturated carbocycles. The van der Waals surface area contributed by atoms with Gasteiger partial charge in [0.25, 0.3) is 11.1 Å². The Kier molecular flexibility index (Phi) is 7.08. The quantitative estimate of drug-likeness (QED) is 0.280. The first-order valence-electron chi connectivity index (χ1n) is 12.4. The molecular formula is C28H26FIN4O4. The summed E-state index contributed by atoms with van der Waals surface area (Å²) in [5, 5.41) is 2.94. The fourth-order valence-electron chi connectivity index (χ4n) is 4.73. The Hall–Kier alpha value is -3.54. The van der Waals surface area contributed by atoms with Gasteiger partial charge in [0, 0.05) is 29.0 Å². The summed E-state index contributed by atoms with van der Waals surface area (Å²) in [6.45, 7) is 1.55. The van der Waals surface area contributed by atoms with Gasteiger partial charge in [-0.15, -0.1) is 0 Å². The van der Waals surface area contributed by atoms with Gasteiger partial charge in [0.1, 0.15) is 22.8 Å². The van der Waals surface area contributed by atoms with Crippen LogP contribution in [0.5, 0.6) is 0 Å². The molecule has 10 heteroatoms. The fraction of sp³-hybridized carbons (Fsp3) is 0.286. The van der Waals surface area contributed by atoms with Gasteiger partial charge in [-0.25, -0.2) is 9.18 Å². The maximum Gasteiger partial charge on any atom is 0.333 e. The molecule has 0 unspecified atom stereocenters. The van der Waals surface area contributed by atoms with Gasteiger partial charge in [0.05, 0.1) is 16.9 Å². The van der Waals surface area contributed by atoms with Gasteiger partial charge < -0.3 is 5.32 Å². The molecule has 0 saturated heterocycles. The Balaban J connectivity index is 1.65. The van der Waals surface area contributed by atoms with E-state index < -0.39 is 22.6 Å². The molecule has 0 spiro atoms. The zero-order chi connectivity index (χ0) is 27.1. The number of fused-ring (bicyclic) bond motifs is 1. The summed E-state index contributed by atoms with van der Waals surface area (Å²) in [4.78, 5) is 54.1. The third-order valence-corrected chi connectivity index (χ3v) is 7.59. The van der Waals surface area contributed by atoms with E-state index in [1.807, 2.05) is 28.7 Å². The average molecular weight is 628 g/mol. The number of pyridine rings is 1. The van der Waals surface area contributed by atoms with Crippen LogP contribution >= 0.6 is 22.6 Å². The molecule has 0 bridgehead atoms. The summed E-state index contributed by atoms with van der Waals surface area (Å²) >= 11 is 1.99. The predicted octanol–water partition coefficient (Wildman–Crippen LogP) is 4.48. The van der Waals surface area contributed by atoms with Crippen molar-refractivity contribution in [3.8, 4) is 5.69 Å². The van der Waals surface area contributed by atoms with Crippen LogP contribution in [0.1, 0.15) is 36.8 Å². The third-order valence-electron chi connectivity index (χ3n) is 6.92. The monoisotopic (exact) mass is 628 g/mol. The number of hydrogen-bond donors (Lipinski definition) is 2. The molecule has 38 heavy (non-hydrogen) atoms. The lowest BCUT2D eigenvalue weighted by molar-refractivity contribution is -0.119. The van der Waals surface area contributed by atoms with Crippen molar-refractivity contribution in [2.24, 2.45) is 13.0 Å². The molecule has 0 amide bonds. The van der Waals surface area contributed by atoms with E-state index in [-0.39, 0.29) is 33.8 Å². The number of H-pyrrole nitrogens is 1. The van der Waals surface area contributed by atoms with Gasteiger partial charge in [-0.1, -0.05) is 12.1 Å². The SMILES string of the molecule is Cc1c(=O)n(C)c(Nc2ccc(I)cc2F)c2c(=O)[nH]c(=O)n(-c3cccc(CCC(=O)CC4CC4)c3)c12. The number of hydrogen-bond acceptors (Lipinski definition) is 5. The standard InChI is InChI=1S/C28H26FIN4O4/c1-15-24-23(25(33(2)27(15)37)31-22-11-9-18(30)14-21(22)29)26(36)32-28(38)34(24)19-5-3-4-16(12-19)8-10-20(35)13-17-6-7-17/h3-5,9,11-12,14,17,31H,6-8,10,13H2,1-2H3,(H,32,36,38). The highest BCUT2D eigenvalue weighted by atomic mass is 127. The van der Waals surface area contributed by atoms with Gasteiger partial charge in [-0.3, -0.25) is 28.5 Å². The van der Waals surface area contributed by atoms with Crippen LogP contribution in [0.4, 0.5) is 15.9 Å². The van der Waals surface area contributed by atoms with Gasteiger partial charge in [0.2, 0.25) is 0 Å². The molecule has 1 aliphatic carbocycles. The van der Waals surface area contributed by atoms with Crippen molar-refractivity contribution in [1.82, 2.24) is 14.1 Å². The molecule has 2 heterocycles. The molecule has 196 valence electrons. The van der Waals surface area contributed by atoms with Crippen LogP contribution in [-0.2, 0) is 18.3 Å². The van der Waals surface area contributed by atoms with Crippen molar-refractivity contribution in [2.45, 2.75) is 39.0 Å². The number of nitrogens with zero attached hydrogens (tertiary/aromatic N) is 2. The molecule has 2 N–H and O–H groups in total. The predicted molar refractivity (Wildman–Crippen MR) is 153 cm³/mol. The van der Waals surface area contributed by atoms with Crippen LogP contribution in [0.25, 0.3) is 16.6 Å². The molecule has 0 atom stereocenters. The van der Waals surface area contributed by atoms with E-state index >= 15 is 0 Å². The summed E-state index contributed by atoms with van der Waals surface area (Å²) in [5.41, 5.74) is -0.110. The zero-order valence-electron chi connectivity index (χ0n) is 20.9. The number of halogens is 2. The Labute approximate surface area is 230 Å². The third kappa shape index (κ3) is 5.09. The molecule has 2 aromatic carbocycles. The second-order valence-corrected chi connectivity index (χ2v) is 11.0. The van der Waals surface area contributed by atoms with E-state index in [1.54, 1.807) is 31.2 Å². The van der Waals surface area contributed by atoms with Crippen LogP contribution < -0.4 is 22.1 Å². The Morgan fingerprint density at radius 1 is 1.16 bits per heavy atom. The van der Waals surface area contributed by atoms with E-state index in [2.05, 4.69) is 10.3 Å². The number of ketones is 1. The van der Waals surface area contributed by atoms with Crippen molar-refractivity contribution in [3.05, 3.63) is 94.2 Å². The summed E-state index contributed by atoms with van der Waals surface area (Å²) in [6, 6.07) is 11.7. The lowest BCUT2D eigenvalue weighted by Crippen LogP contribution is -2.34. The van der Waals surface area contributed by atoms with Crippen molar-refractivity contribution >= 4 is 50.8 Å². The molecule has 1 aliphatic rings. The number of benzene rings is 2. The summed E-state index contributed by atoms with van der Waals surface area (Å²) in [5.74, 6) is 0.267. The molecule has 1 fully saturated rings. The maximum absolute atomic E-state index is 14.7. The largest absolute Gasteiger partial charge is 0.338 e. The van der Waals surface area contributed by atoms with E-state index in [4.69, 9.17) is 0 Å². The molecule has 8 nitrogen and oxygen atoms in total. The number of Topliss-reactive ketones (excluding diaryl/α,β-unsaturated/α-hetero) is 1. The number of aromatic amines is 1. The van der Waals surface area contributed by atoms with Gasteiger partial charge in [0.15, 0.2) is 0 Å². The highest BCUT2D eigenvalue weighted by Gasteiger charge is 2.24. The smallest absolute Gasteiger partial charge is 0.333 e. The van der Waals surface area contributed by atoms with Gasteiger partial charge in [-0.05, 0) is 90.6 Å². The number of carbonyl (C=O) groups is 1. The zero-order valence-corrected chi connectivity index (χ0v) is 23.1. The van der Waals surface area contributed by atoms with Crippen molar-refractivity contribution in [2.75, 3.05) is 5.32 Å². The molecule has 4 aromatic rings. The molecular weight excluding hydrogens is 602 g/mol. The lowest BCUT2D eigenvalue weighted by atomic mass is 10.0. The number of rotatable bonds is 8. The highest BCUT2D eigenvalue weighted by Crippen LogP contribution is 2.33. The Morgan fingerprint density at radius 2 is 1.92 bits per heavy atom. The number of carbonyl (C=O) groups excluding carboxylic acids is 1. The van der Waals surface area contributed by atoms with Gasteiger partial charge >= 0.3 is 5.69 Å². The average Bonchev–Trinajstić information content (AvgIpc) is 3.69. The van der Waals surface area contributed by atoms with Crippen LogP contribution in [0, 0.1) is 22.2 Å². The van der Waals surface area contributed by atoms with E-state index in [0.29, 0.717) is 34.4 Å².